The molecule has 2 aromatic rings. The van der Waals surface area contributed by atoms with Crippen LogP contribution in [0.15, 0.2) is 48.5 Å². The summed E-state index contributed by atoms with van der Waals surface area (Å²) in [6.07, 6.45) is -3.54. The molecular formula is C24H32F3N3O. The highest BCUT2D eigenvalue weighted by atomic mass is 19.4. The van der Waals surface area contributed by atoms with Crippen LogP contribution in [0.4, 0.5) is 18.9 Å². The van der Waals surface area contributed by atoms with Gasteiger partial charge in [-0.1, -0.05) is 50.2 Å². The third kappa shape index (κ3) is 8.34. The lowest BCUT2D eigenvalue weighted by Crippen LogP contribution is -2.35. The molecule has 7 heteroatoms. The number of rotatable bonds is 11. The van der Waals surface area contributed by atoms with Crippen molar-refractivity contribution < 1.29 is 18.0 Å². The van der Waals surface area contributed by atoms with Crippen LogP contribution >= 0.6 is 0 Å². The Labute approximate surface area is 183 Å². The molecule has 0 radical (unpaired) electrons. The molecule has 0 atom stereocenters. The lowest BCUT2D eigenvalue weighted by atomic mass is 10.1. The first kappa shape index (κ1) is 24.9. The van der Waals surface area contributed by atoms with Gasteiger partial charge in [0.1, 0.15) is 0 Å². The van der Waals surface area contributed by atoms with Gasteiger partial charge in [0.25, 0.3) is 0 Å². The smallest absolute Gasteiger partial charge is 0.325 e. The number of benzene rings is 2. The molecule has 4 nitrogen and oxygen atoms in total. The summed E-state index contributed by atoms with van der Waals surface area (Å²) in [7, 11) is 0. The Kier molecular flexibility index (Phi) is 9.52. The van der Waals surface area contributed by atoms with Crippen LogP contribution in [0.1, 0.15) is 37.0 Å². The highest BCUT2D eigenvalue weighted by Crippen LogP contribution is 2.32. The topological polar surface area (TPSA) is 35.6 Å². The van der Waals surface area contributed by atoms with E-state index in [-0.39, 0.29) is 18.1 Å². The fraction of sp³-hybridized carbons (Fsp3) is 0.458. The number of hydrogen-bond acceptors (Lipinski definition) is 3. The Morgan fingerprint density at radius 2 is 1.61 bits per heavy atom. The summed E-state index contributed by atoms with van der Waals surface area (Å²) in [6.45, 7) is 10.3. The summed E-state index contributed by atoms with van der Waals surface area (Å²) in [5, 5.41) is 2.67. The minimum absolute atomic E-state index is 0.114. The van der Waals surface area contributed by atoms with E-state index in [1.807, 2.05) is 35.2 Å². The lowest BCUT2D eigenvalue weighted by Gasteiger charge is -2.24. The van der Waals surface area contributed by atoms with Crippen LogP contribution in [0, 0.1) is 6.92 Å². The molecule has 1 amide bonds. The molecule has 0 aliphatic rings. The number of amides is 1. The number of carbonyl (C=O) groups is 1. The van der Waals surface area contributed by atoms with Gasteiger partial charge < -0.3 is 10.2 Å². The third-order valence-corrected chi connectivity index (χ3v) is 5.30. The highest BCUT2D eigenvalue weighted by molar-refractivity contribution is 5.93. The average molecular weight is 436 g/mol. The third-order valence-electron chi connectivity index (χ3n) is 5.30. The molecule has 0 saturated carbocycles. The van der Waals surface area contributed by atoms with E-state index >= 15 is 0 Å². The largest absolute Gasteiger partial charge is 0.416 e. The van der Waals surface area contributed by atoms with E-state index in [0.29, 0.717) is 12.1 Å². The van der Waals surface area contributed by atoms with E-state index in [9.17, 15) is 18.0 Å². The average Bonchev–Trinajstić information content (AvgIpc) is 2.72. The standard InChI is InChI=1S/C24H32F3N3O/c1-4-29(5-2)14-9-15-30(17-20-10-7-6-8-11-20)18-23(31)28-22-16-21(24(25,26)27)13-12-19(22)3/h6-8,10-13,16H,4-5,9,14-15,17-18H2,1-3H3,(H,28,31). The van der Waals surface area contributed by atoms with Crippen LogP contribution in [0.5, 0.6) is 0 Å². The number of hydrogen-bond donors (Lipinski definition) is 1. The summed E-state index contributed by atoms with van der Waals surface area (Å²) in [4.78, 5) is 17.1. The molecule has 0 aromatic heterocycles. The predicted octanol–water partition coefficient (Wildman–Crippen LogP) is 5.19. The molecular weight excluding hydrogens is 403 g/mol. The van der Waals surface area contributed by atoms with Gasteiger partial charge in [0.2, 0.25) is 5.91 Å². The number of halogens is 3. The van der Waals surface area contributed by atoms with E-state index in [4.69, 9.17) is 0 Å². The maximum absolute atomic E-state index is 13.0. The van der Waals surface area contributed by atoms with Gasteiger partial charge in [0.15, 0.2) is 0 Å². The summed E-state index contributed by atoms with van der Waals surface area (Å²) < 4.78 is 39.1. The molecule has 0 aliphatic carbocycles. The monoisotopic (exact) mass is 435 g/mol. The van der Waals surface area contributed by atoms with Crippen LogP contribution in [-0.4, -0.2) is 48.4 Å². The first-order valence-electron chi connectivity index (χ1n) is 10.7. The number of nitrogens with one attached hydrogen (secondary N) is 1. The fourth-order valence-corrected chi connectivity index (χ4v) is 3.44. The fourth-order valence-electron chi connectivity index (χ4n) is 3.44. The second-order valence-corrected chi connectivity index (χ2v) is 7.65. The minimum atomic E-state index is -4.45. The van der Waals surface area contributed by atoms with Crippen molar-refractivity contribution in [2.24, 2.45) is 0 Å². The summed E-state index contributed by atoms with van der Waals surface area (Å²) in [5.74, 6) is -0.318. The summed E-state index contributed by atoms with van der Waals surface area (Å²) in [6, 6.07) is 13.3. The van der Waals surface area contributed by atoms with Crippen molar-refractivity contribution in [1.29, 1.82) is 0 Å². The van der Waals surface area contributed by atoms with Crippen molar-refractivity contribution in [2.75, 3.05) is 38.0 Å². The van der Waals surface area contributed by atoms with E-state index in [2.05, 4.69) is 24.1 Å². The number of alkyl halides is 3. The van der Waals surface area contributed by atoms with Crippen LogP contribution in [0.2, 0.25) is 0 Å². The van der Waals surface area contributed by atoms with Crippen LogP contribution in [0.3, 0.4) is 0 Å². The van der Waals surface area contributed by atoms with Gasteiger partial charge in [-0.05, 0) is 56.2 Å². The highest BCUT2D eigenvalue weighted by Gasteiger charge is 2.31. The molecule has 0 aliphatic heterocycles. The lowest BCUT2D eigenvalue weighted by molar-refractivity contribution is -0.137. The normalized spacial score (nSPS) is 11.9. The Bertz CT molecular complexity index is 821. The molecule has 31 heavy (non-hydrogen) atoms. The van der Waals surface area contributed by atoms with Gasteiger partial charge in [0, 0.05) is 18.8 Å². The first-order valence-corrected chi connectivity index (χ1v) is 10.7. The van der Waals surface area contributed by atoms with E-state index in [1.165, 1.54) is 6.07 Å². The zero-order valence-electron chi connectivity index (χ0n) is 18.5. The predicted molar refractivity (Wildman–Crippen MR) is 119 cm³/mol. The van der Waals surface area contributed by atoms with Gasteiger partial charge >= 0.3 is 6.18 Å². The Balaban J connectivity index is 2.05. The van der Waals surface area contributed by atoms with Gasteiger partial charge in [0.05, 0.1) is 12.1 Å². The zero-order chi connectivity index (χ0) is 22.9. The van der Waals surface area contributed by atoms with Crippen LogP contribution in [0.25, 0.3) is 0 Å². The first-order chi connectivity index (χ1) is 14.7. The molecule has 2 aromatic carbocycles. The second kappa shape index (κ2) is 11.9. The Morgan fingerprint density at radius 3 is 2.23 bits per heavy atom. The second-order valence-electron chi connectivity index (χ2n) is 7.65. The van der Waals surface area contributed by atoms with Gasteiger partial charge in [-0.25, -0.2) is 0 Å². The van der Waals surface area contributed by atoms with Crippen molar-refractivity contribution in [3.05, 3.63) is 65.2 Å². The maximum atomic E-state index is 13.0. The van der Waals surface area contributed by atoms with Crippen molar-refractivity contribution in [3.8, 4) is 0 Å². The van der Waals surface area contributed by atoms with Crippen molar-refractivity contribution in [1.82, 2.24) is 9.80 Å². The quantitative estimate of drug-likeness (QED) is 0.528. The van der Waals surface area contributed by atoms with Gasteiger partial charge in [-0.3, -0.25) is 9.69 Å². The molecule has 0 heterocycles. The van der Waals surface area contributed by atoms with Crippen LogP contribution in [-0.2, 0) is 17.5 Å². The molecule has 170 valence electrons. The summed E-state index contributed by atoms with van der Waals surface area (Å²) in [5.41, 5.74) is 1.11. The number of nitrogens with zero attached hydrogens (tertiary/aromatic N) is 2. The minimum Gasteiger partial charge on any atom is -0.325 e. The molecule has 0 bridgehead atoms. The number of carbonyl (C=O) groups excluding carboxylic acids is 1. The van der Waals surface area contributed by atoms with Crippen molar-refractivity contribution >= 4 is 11.6 Å². The van der Waals surface area contributed by atoms with E-state index < -0.39 is 11.7 Å². The Morgan fingerprint density at radius 1 is 0.968 bits per heavy atom. The zero-order valence-corrected chi connectivity index (χ0v) is 18.5. The number of aryl methyl sites for hydroxylation is 1. The van der Waals surface area contributed by atoms with Crippen LogP contribution < -0.4 is 5.32 Å². The van der Waals surface area contributed by atoms with Crippen molar-refractivity contribution in [2.45, 2.75) is 39.9 Å². The van der Waals surface area contributed by atoms with E-state index in [0.717, 1.165) is 50.3 Å². The van der Waals surface area contributed by atoms with Gasteiger partial charge in [-0.2, -0.15) is 13.2 Å². The SMILES string of the molecule is CCN(CC)CCCN(CC(=O)Nc1cc(C(F)(F)F)ccc1C)Cc1ccccc1. The molecule has 1 N–H and O–H groups in total. The molecule has 2 rings (SSSR count). The summed E-state index contributed by atoms with van der Waals surface area (Å²) >= 11 is 0. The van der Waals surface area contributed by atoms with E-state index in [1.54, 1.807) is 6.92 Å². The number of anilines is 1. The Hall–Kier alpha value is -2.38. The van der Waals surface area contributed by atoms with Gasteiger partial charge in [-0.15, -0.1) is 0 Å². The molecule has 0 fully saturated rings. The molecule has 0 saturated heterocycles. The molecule has 0 spiro atoms. The van der Waals surface area contributed by atoms with Crippen molar-refractivity contribution in [3.63, 3.8) is 0 Å². The maximum Gasteiger partial charge on any atom is 0.416 e. The molecule has 0 unspecified atom stereocenters.